The summed E-state index contributed by atoms with van der Waals surface area (Å²) in [6.07, 6.45) is 0. The Labute approximate surface area is 121 Å². The molecule has 18 heavy (non-hydrogen) atoms. The topological polar surface area (TPSA) is 33.6 Å². The summed E-state index contributed by atoms with van der Waals surface area (Å²) in [4.78, 5) is 1.06. The Balaban J connectivity index is 2.26. The molecule has 0 atom stereocenters. The summed E-state index contributed by atoms with van der Waals surface area (Å²) in [6.45, 7) is 0. The summed E-state index contributed by atoms with van der Waals surface area (Å²) in [7, 11) is 0. The highest BCUT2D eigenvalue weighted by Gasteiger charge is 2.14. The van der Waals surface area contributed by atoms with Crippen LogP contribution in [0.3, 0.4) is 0 Å². The number of thiophene rings is 1. The number of rotatable bonds is 2. The summed E-state index contributed by atoms with van der Waals surface area (Å²) in [5, 5.41) is 9.19. The number of hydrogen-bond acceptors (Lipinski definition) is 3. The molecular formula is C12H8BrN3S2. The van der Waals surface area contributed by atoms with Crippen LogP contribution in [0.4, 0.5) is 0 Å². The SMILES string of the molecule is S=c1[nH]nc(-c2sccc2Br)n1-c1ccccc1. The van der Waals surface area contributed by atoms with E-state index in [0.717, 1.165) is 20.9 Å². The van der Waals surface area contributed by atoms with Crippen LogP contribution in [0.25, 0.3) is 16.4 Å². The minimum absolute atomic E-state index is 0.594. The van der Waals surface area contributed by atoms with Crippen molar-refractivity contribution in [3.05, 3.63) is 51.0 Å². The van der Waals surface area contributed by atoms with E-state index in [2.05, 4.69) is 26.1 Å². The maximum absolute atomic E-state index is 5.31. The Morgan fingerprint density at radius 3 is 2.67 bits per heavy atom. The van der Waals surface area contributed by atoms with Gasteiger partial charge in [-0.3, -0.25) is 9.67 Å². The molecule has 3 aromatic rings. The normalized spacial score (nSPS) is 10.7. The fourth-order valence-electron chi connectivity index (χ4n) is 1.72. The zero-order valence-electron chi connectivity index (χ0n) is 9.13. The number of H-pyrrole nitrogens is 1. The van der Waals surface area contributed by atoms with E-state index in [1.165, 1.54) is 0 Å². The summed E-state index contributed by atoms with van der Waals surface area (Å²) >= 11 is 10.5. The number of aromatic amines is 1. The van der Waals surface area contributed by atoms with Gasteiger partial charge in [0.15, 0.2) is 10.6 Å². The largest absolute Gasteiger partial charge is 0.267 e. The van der Waals surface area contributed by atoms with Gasteiger partial charge in [0, 0.05) is 10.2 Å². The van der Waals surface area contributed by atoms with Crippen LogP contribution < -0.4 is 0 Å². The maximum Gasteiger partial charge on any atom is 0.200 e. The summed E-state index contributed by atoms with van der Waals surface area (Å²) in [6, 6.07) is 12.0. The van der Waals surface area contributed by atoms with Crippen molar-refractivity contribution in [1.82, 2.24) is 14.8 Å². The van der Waals surface area contributed by atoms with Crippen molar-refractivity contribution >= 4 is 39.5 Å². The number of nitrogens with one attached hydrogen (secondary N) is 1. The molecule has 1 N–H and O–H groups in total. The van der Waals surface area contributed by atoms with Crippen LogP contribution in [0.2, 0.25) is 0 Å². The third kappa shape index (κ3) is 1.96. The molecule has 0 saturated carbocycles. The average molecular weight is 338 g/mol. The summed E-state index contributed by atoms with van der Waals surface area (Å²) in [5.74, 6) is 0.827. The lowest BCUT2D eigenvalue weighted by Gasteiger charge is -2.05. The molecule has 0 unspecified atom stereocenters. The zero-order valence-corrected chi connectivity index (χ0v) is 12.3. The Bertz CT molecular complexity index is 727. The van der Waals surface area contributed by atoms with Crippen molar-refractivity contribution in [1.29, 1.82) is 0 Å². The fourth-order valence-corrected chi connectivity index (χ4v) is 3.48. The molecule has 3 rings (SSSR count). The molecule has 0 amide bonds. The quantitative estimate of drug-likeness (QED) is 0.702. The van der Waals surface area contributed by atoms with E-state index in [1.807, 2.05) is 46.3 Å². The first-order chi connectivity index (χ1) is 8.77. The Hall–Kier alpha value is -1.24. The second-order valence-corrected chi connectivity index (χ2v) is 5.78. The second kappa shape index (κ2) is 4.79. The first kappa shape index (κ1) is 11.8. The first-order valence-corrected chi connectivity index (χ1v) is 7.31. The molecule has 0 aliphatic rings. The number of halogens is 1. The lowest BCUT2D eigenvalue weighted by atomic mass is 10.3. The predicted molar refractivity (Wildman–Crippen MR) is 79.8 cm³/mol. The number of hydrogen-bond donors (Lipinski definition) is 1. The van der Waals surface area contributed by atoms with Gasteiger partial charge in [0.25, 0.3) is 0 Å². The molecule has 0 radical (unpaired) electrons. The van der Waals surface area contributed by atoms with Gasteiger partial charge in [-0.25, -0.2) is 0 Å². The van der Waals surface area contributed by atoms with Gasteiger partial charge in [0.2, 0.25) is 0 Å². The lowest BCUT2D eigenvalue weighted by molar-refractivity contribution is 1.04. The number of aromatic nitrogens is 3. The van der Waals surface area contributed by atoms with Gasteiger partial charge in [0.1, 0.15) is 0 Å². The van der Waals surface area contributed by atoms with Crippen LogP contribution in [0.1, 0.15) is 0 Å². The molecule has 3 nitrogen and oxygen atoms in total. The van der Waals surface area contributed by atoms with Gasteiger partial charge in [-0.1, -0.05) is 18.2 Å². The molecular weight excluding hydrogens is 330 g/mol. The van der Waals surface area contributed by atoms with Crippen LogP contribution in [-0.2, 0) is 0 Å². The Morgan fingerprint density at radius 2 is 2.00 bits per heavy atom. The van der Waals surface area contributed by atoms with Crippen molar-refractivity contribution in [3.63, 3.8) is 0 Å². The van der Waals surface area contributed by atoms with E-state index in [1.54, 1.807) is 11.3 Å². The molecule has 1 aromatic carbocycles. The third-order valence-corrected chi connectivity index (χ3v) is 4.61. The van der Waals surface area contributed by atoms with Gasteiger partial charge in [-0.05, 0) is 51.7 Å². The molecule has 0 fully saturated rings. The molecule has 0 saturated heterocycles. The molecule has 0 bridgehead atoms. The molecule has 2 heterocycles. The van der Waals surface area contributed by atoms with E-state index >= 15 is 0 Å². The zero-order chi connectivity index (χ0) is 12.5. The lowest BCUT2D eigenvalue weighted by Crippen LogP contribution is -1.96. The molecule has 90 valence electrons. The highest BCUT2D eigenvalue weighted by molar-refractivity contribution is 9.10. The van der Waals surface area contributed by atoms with E-state index < -0.39 is 0 Å². The monoisotopic (exact) mass is 337 g/mol. The van der Waals surface area contributed by atoms with Gasteiger partial charge in [-0.15, -0.1) is 11.3 Å². The first-order valence-electron chi connectivity index (χ1n) is 5.23. The van der Waals surface area contributed by atoms with Crippen molar-refractivity contribution < 1.29 is 0 Å². The minimum atomic E-state index is 0.594. The highest BCUT2D eigenvalue weighted by atomic mass is 79.9. The fraction of sp³-hybridized carbons (Fsp3) is 0. The van der Waals surface area contributed by atoms with Crippen molar-refractivity contribution in [2.45, 2.75) is 0 Å². The maximum atomic E-state index is 5.31. The standard InChI is InChI=1S/C12H8BrN3S2/c13-9-6-7-18-10(9)11-14-15-12(17)16(11)8-4-2-1-3-5-8/h1-7H,(H,15,17). The average Bonchev–Trinajstić information content (AvgIpc) is 2.96. The molecule has 2 aromatic heterocycles. The minimum Gasteiger partial charge on any atom is -0.267 e. The van der Waals surface area contributed by atoms with Gasteiger partial charge in [0.05, 0.1) is 4.88 Å². The van der Waals surface area contributed by atoms with Crippen LogP contribution in [0.15, 0.2) is 46.3 Å². The van der Waals surface area contributed by atoms with Gasteiger partial charge in [-0.2, -0.15) is 5.10 Å². The smallest absolute Gasteiger partial charge is 0.200 e. The molecule has 0 aliphatic carbocycles. The Morgan fingerprint density at radius 1 is 1.22 bits per heavy atom. The number of nitrogens with zero attached hydrogens (tertiary/aromatic N) is 2. The van der Waals surface area contributed by atoms with Crippen LogP contribution >= 0.6 is 39.5 Å². The predicted octanol–water partition coefficient (Wildman–Crippen LogP) is 4.42. The van der Waals surface area contributed by atoms with E-state index in [-0.39, 0.29) is 0 Å². The van der Waals surface area contributed by atoms with Crippen LogP contribution in [0.5, 0.6) is 0 Å². The molecule has 0 aliphatic heterocycles. The Kier molecular flexibility index (Phi) is 3.15. The second-order valence-electron chi connectivity index (χ2n) is 3.62. The third-order valence-electron chi connectivity index (χ3n) is 2.51. The molecule has 6 heteroatoms. The van der Waals surface area contributed by atoms with Crippen molar-refractivity contribution in [2.24, 2.45) is 0 Å². The van der Waals surface area contributed by atoms with E-state index in [4.69, 9.17) is 12.2 Å². The van der Waals surface area contributed by atoms with Crippen molar-refractivity contribution in [3.8, 4) is 16.4 Å². The summed E-state index contributed by atoms with van der Waals surface area (Å²) in [5.41, 5.74) is 1.01. The van der Waals surface area contributed by atoms with E-state index in [9.17, 15) is 0 Å². The number of benzene rings is 1. The van der Waals surface area contributed by atoms with Crippen LogP contribution in [0, 0.1) is 4.77 Å². The number of para-hydroxylation sites is 1. The van der Waals surface area contributed by atoms with Gasteiger partial charge >= 0.3 is 0 Å². The highest BCUT2D eigenvalue weighted by Crippen LogP contribution is 2.33. The molecule has 0 spiro atoms. The van der Waals surface area contributed by atoms with E-state index in [0.29, 0.717) is 4.77 Å². The van der Waals surface area contributed by atoms with Crippen LogP contribution in [-0.4, -0.2) is 14.8 Å². The summed E-state index contributed by atoms with van der Waals surface area (Å²) < 4.78 is 3.56. The van der Waals surface area contributed by atoms with Crippen molar-refractivity contribution in [2.75, 3.05) is 0 Å². The van der Waals surface area contributed by atoms with Gasteiger partial charge < -0.3 is 0 Å².